The summed E-state index contributed by atoms with van der Waals surface area (Å²) in [4.78, 5) is 3.95. The van der Waals surface area contributed by atoms with Crippen molar-refractivity contribution in [3.05, 3.63) is 467 Å². The van der Waals surface area contributed by atoms with E-state index in [1.54, 1.807) is 0 Å². The Kier molecular flexibility index (Phi) is 19.1. The third-order valence-corrected chi connectivity index (χ3v) is 30.0. The second-order valence-corrected chi connectivity index (χ2v) is 36.5. The van der Waals surface area contributed by atoms with Crippen LogP contribution in [0.1, 0.15) is 0 Å². The second-order valence-electron chi connectivity index (χ2n) is 32.4. The van der Waals surface area contributed by atoms with Gasteiger partial charge in [-0.25, -0.2) is 0 Å². The van der Waals surface area contributed by atoms with Crippen molar-refractivity contribution in [2.75, 3.05) is 0 Å². The highest BCUT2D eigenvalue weighted by Crippen LogP contribution is 2.54. The van der Waals surface area contributed by atoms with Crippen LogP contribution in [0.3, 0.4) is 0 Å². The molecule has 26 aromatic rings. The normalized spacial score (nSPS) is 11.6. The fourth-order valence-corrected chi connectivity index (χ4v) is 24.6. The first-order valence-electron chi connectivity index (χ1n) is 43.2. The molecule has 0 atom stereocenters. The number of thiophene rings is 4. The Morgan fingerprint density at radius 2 is 0.425 bits per heavy atom. The Morgan fingerprint density at radius 1 is 0.142 bits per heavy atom. The van der Waals surface area contributed by atoms with Crippen molar-refractivity contribution < 1.29 is 0 Å². The summed E-state index contributed by atoms with van der Waals surface area (Å²) in [6.45, 7) is 0. The lowest BCUT2D eigenvalue weighted by atomic mass is 9.97. The molecule has 7 heterocycles. The molecule has 7 aromatic heterocycles. The minimum Gasteiger partial charge on any atom is -0.309 e. The minimum absolute atomic E-state index is 1.16. The Labute approximate surface area is 751 Å². The molecule has 0 saturated heterocycles. The Balaban J connectivity index is 0.000000107. The molecule has 0 spiro atoms. The van der Waals surface area contributed by atoms with Gasteiger partial charge in [0.2, 0.25) is 0 Å². The van der Waals surface area contributed by atoms with Crippen LogP contribution < -0.4 is 0 Å². The van der Waals surface area contributed by atoms with Gasteiger partial charge >= 0.3 is 0 Å². The molecule has 596 valence electrons. The topological polar surface area (TPSA) is 14.8 Å². The number of nitrogens with zero attached hydrogens (tertiary/aromatic N) is 3. The van der Waals surface area contributed by atoms with E-state index in [2.05, 4.69) is 481 Å². The molecule has 0 saturated carbocycles. The number of fused-ring (bicyclic) bond motifs is 18. The van der Waals surface area contributed by atoms with E-state index in [1.807, 2.05) is 45.3 Å². The quantitative estimate of drug-likeness (QED) is 0.116. The van der Waals surface area contributed by atoms with E-state index in [-0.39, 0.29) is 0 Å². The lowest BCUT2D eigenvalue weighted by Gasteiger charge is -2.14. The van der Waals surface area contributed by atoms with Crippen molar-refractivity contribution >= 4 is 161 Å². The van der Waals surface area contributed by atoms with Crippen molar-refractivity contribution in [1.29, 1.82) is 0 Å². The summed E-state index contributed by atoms with van der Waals surface area (Å²) >= 11 is 7.61. The lowest BCUT2D eigenvalue weighted by Crippen LogP contribution is -1.96. The van der Waals surface area contributed by atoms with Crippen LogP contribution >= 0.6 is 45.3 Å². The first-order chi connectivity index (χ1) is 63.0. The van der Waals surface area contributed by atoms with Gasteiger partial charge in [0, 0.05) is 131 Å². The summed E-state index contributed by atoms with van der Waals surface area (Å²) in [5, 5.41) is 14.4. The van der Waals surface area contributed by atoms with Gasteiger partial charge in [-0.15, -0.1) is 45.3 Å². The minimum atomic E-state index is 1.16. The van der Waals surface area contributed by atoms with Crippen molar-refractivity contribution in [2.45, 2.75) is 0 Å². The van der Waals surface area contributed by atoms with Gasteiger partial charge in [-0.2, -0.15) is 0 Å². The first kappa shape index (κ1) is 75.4. The lowest BCUT2D eigenvalue weighted by molar-refractivity contribution is 1.18. The van der Waals surface area contributed by atoms with E-state index in [1.165, 1.54) is 225 Å². The van der Waals surface area contributed by atoms with Crippen molar-refractivity contribution in [2.24, 2.45) is 0 Å². The molecule has 0 fully saturated rings. The molecule has 0 amide bonds. The maximum absolute atomic E-state index is 2.47. The molecule has 0 aliphatic heterocycles. The van der Waals surface area contributed by atoms with Crippen LogP contribution in [0.4, 0.5) is 0 Å². The van der Waals surface area contributed by atoms with Crippen LogP contribution in [0.15, 0.2) is 467 Å². The maximum Gasteiger partial charge on any atom is 0.0555 e. The molecule has 0 aliphatic carbocycles. The van der Waals surface area contributed by atoms with Crippen LogP contribution in [-0.4, -0.2) is 13.7 Å². The van der Waals surface area contributed by atoms with Crippen LogP contribution in [0.2, 0.25) is 0 Å². The zero-order chi connectivity index (χ0) is 83.8. The highest BCUT2D eigenvalue weighted by Gasteiger charge is 2.27. The number of benzene rings is 19. The molecule has 0 unspecified atom stereocenters. The molecular weight excluding hydrogens is 1610 g/mol. The van der Waals surface area contributed by atoms with Crippen LogP contribution in [0.25, 0.3) is 231 Å². The second kappa shape index (κ2) is 32.1. The Morgan fingerprint density at radius 3 is 0.803 bits per heavy atom. The third-order valence-electron chi connectivity index (χ3n) is 25.0. The highest BCUT2D eigenvalue weighted by molar-refractivity contribution is 7.26. The summed E-state index contributed by atoms with van der Waals surface area (Å²) in [7, 11) is 0. The van der Waals surface area contributed by atoms with Gasteiger partial charge in [0.1, 0.15) is 0 Å². The van der Waals surface area contributed by atoms with Gasteiger partial charge in [-0.05, 0) is 158 Å². The standard InChI is InChI=1S/C44H29NS.C38H23NS2.C38H25NS/c1-5-15-30(16-6-1)34-27-35(31-17-7-2-8-18-31)29-36(28-34)45-39-24-14-13-23-37(39)42-40(45)26-25-38-41(32-19-9-3-10-20-32)43(46-44(38)42)33-21-11-4-12-22-33;1-3-11-24(12-4-1)35-29-20-21-32-36(38(29)41-37(35)25-13-5-2-6-14-25)28-16-7-9-17-31(28)39(32)26-19-22-34-30(23-26)27-15-8-10-18-33(27)40-34;1-4-13-26(14-5-1)29-19-12-20-30(25-29)39-33-22-11-10-21-31(33)36-34(39)24-23-32-35(27-15-6-2-7-16-27)37(40-38(32)36)28-17-8-3-9-18-28/h1-29H;1-23H;1-25H. The predicted molar refractivity (Wildman–Crippen MR) is 550 cm³/mol. The molecular formula is C120H77N3S4. The SMILES string of the molecule is c1ccc(-c2cc(-c3ccccc3)cc(-n3c4ccccc4c4c5sc(-c6ccccc6)c(-c6ccccc6)c5ccc43)c2)cc1.c1ccc(-c2cccc(-n3c4ccccc4c4c5sc(-c6ccccc6)c(-c6ccccc6)c5ccc43)c2)cc1.c1ccc(-c2sc3c(ccc4c3c3ccccc3n4-c3ccc4sc5ccccc5c4c3)c2-c2ccccc2)cc1. The highest BCUT2D eigenvalue weighted by atomic mass is 32.1. The van der Waals surface area contributed by atoms with E-state index in [9.17, 15) is 0 Å². The maximum atomic E-state index is 2.47. The predicted octanol–water partition coefficient (Wildman–Crippen LogP) is 35.4. The third kappa shape index (κ3) is 13.2. The fraction of sp³-hybridized carbons (Fsp3) is 0. The van der Waals surface area contributed by atoms with Crippen LogP contribution in [0.5, 0.6) is 0 Å². The number of rotatable bonds is 12. The summed E-state index contributed by atoms with van der Waals surface area (Å²) in [5.41, 5.74) is 29.7. The monoisotopic (exact) mass is 1690 g/mol. The molecule has 127 heavy (non-hydrogen) atoms. The van der Waals surface area contributed by atoms with Gasteiger partial charge in [-0.3, -0.25) is 0 Å². The van der Waals surface area contributed by atoms with Gasteiger partial charge in [0.25, 0.3) is 0 Å². The van der Waals surface area contributed by atoms with E-state index < -0.39 is 0 Å². The van der Waals surface area contributed by atoms with Gasteiger partial charge in [0.05, 0.1) is 33.1 Å². The molecule has 0 bridgehead atoms. The van der Waals surface area contributed by atoms with Crippen molar-refractivity contribution in [1.82, 2.24) is 13.7 Å². The average molecular weight is 1690 g/mol. The number of para-hydroxylation sites is 3. The fourth-order valence-electron chi connectivity index (χ4n) is 19.4. The average Bonchev–Trinajstić information content (AvgIpc) is 1.57. The van der Waals surface area contributed by atoms with Gasteiger partial charge in [-0.1, -0.05) is 376 Å². The summed E-state index contributed by atoms with van der Waals surface area (Å²) in [5.74, 6) is 0. The molecule has 7 heteroatoms. The van der Waals surface area contributed by atoms with Gasteiger partial charge < -0.3 is 13.7 Å². The molecule has 0 radical (unpaired) electrons. The van der Waals surface area contributed by atoms with Gasteiger partial charge in [0.15, 0.2) is 0 Å². The van der Waals surface area contributed by atoms with Crippen molar-refractivity contribution in [3.8, 4) is 115 Å². The van der Waals surface area contributed by atoms with E-state index in [4.69, 9.17) is 0 Å². The van der Waals surface area contributed by atoms with Crippen LogP contribution in [-0.2, 0) is 0 Å². The molecule has 0 N–H and O–H groups in total. The van der Waals surface area contributed by atoms with E-state index in [0.29, 0.717) is 0 Å². The smallest absolute Gasteiger partial charge is 0.0555 e. The zero-order valence-electron chi connectivity index (χ0n) is 68.9. The Bertz CT molecular complexity index is 8580. The summed E-state index contributed by atoms with van der Waals surface area (Å²) < 4.78 is 14.0. The largest absolute Gasteiger partial charge is 0.309 e. The zero-order valence-corrected chi connectivity index (χ0v) is 72.2. The molecule has 0 aliphatic rings. The first-order valence-corrected chi connectivity index (χ1v) is 46.4. The number of aromatic nitrogens is 3. The van der Waals surface area contributed by atoms with Crippen LogP contribution in [0, 0.1) is 0 Å². The summed E-state index contributed by atoms with van der Waals surface area (Å²) in [6.07, 6.45) is 0. The molecule has 26 rings (SSSR count). The van der Waals surface area contributed by atoms with E-state index in [0.717, 1.165) is 5.69 Å². The molecule has 3 nitrogen and oxygen atoms in total. The number of hydrogen-bond donors (Lipinski definition) is 0. The molecule has 19 aromatic carbocycles. The Hall–Kier alpha value is -15.3. The van der Waals surface area contributed by atoms with E-state index >= 15 is 0 Å². The van der Waals surface area contributed by atoms with Crippen molar-refractivity contribution in [3.63, 3.8) is 0 Å². The summed E-state index contributed by atoms with van der Waals surface area (Å²) in [6, 6.07) is 169. The number of hydrogen-bond acceptors (Lipinski definition) is 4.